The number of nitro benzene ring substituents is 1. The fraction of sp³-hybridized carbons (Fsp3) is 0.400. The van der Waals surface area contributed by atoms with Crippen molar-refractivity contribution in [3.63, 3.8) is 0 Å². The topological polar surface area (TPSA) is 130 Å². The summed E-state index contributed by atoms with van der Waals surface area (Å²) in [5.74, 6) is -15.3. The van der Waals surface area contributed by atoms with Gasteiger partial charge in [0, 0.05) is 12.1 Å². The molecule has 9 nitrogen and oxygen atoms in total. The Hall–Kier alpha value is -2.19. The lowest BCUT2D eigenvalue weighted by molar-refractivity contribution is -0.384. The maximum absolute atomic E-state index is 13.3. The van der Waals surface area contributed by atoms with Gasteiger partial charge in [0.1, 0.15) is 0 Å². The second-order valence-electron chi connectivity index (χ2n) is 4.96. The predicted octanol–water partition coefficient (Wildman–Crippen LogP) is 2.99. The number of nitrogens with zero attached hydrogens (tertiary/aromatic N) is 1. The van der Waals surface area contributed by atoms with Crippen molar-refractivity contribution in [3.8, 4) is 0 Å². The van der Waals surface area contributed by atoms with E-state index in [9.17, 15) is 66.5 Å². The summed E-state index contributed by atoms with van der Waals surface area (Å²) >= 11 is 0. The summed E-state index contributed by atoms with van der Waals surface area (Å²) in [7, 11) is -13.2. The first-order valence-electron chi connectivity index (χ1n) is 6.44. The molecule has 0 saturated heterocycles. The first-order valence-corrected chi connectivity index (χ1v) is 9.25. The van der Waals surface area contributed by atoms with E-state index in [-0.39, 0.29) is 0 Å². The lowest BCUT2D eigenvalue weighted by atomic mass is 10.1. The smallest absolute Gasteiger partial charge is 0.258 e. The van der Waals surface area contributed by atoms with E-state index in [1.807, 2.05) is 0 Å². The SMILES string of the molecule is O=[N+]([O-])c1ccc(S(=O)(=O)OOS(=O)(=O)C(F)(F)C(F)(F)C(F)(F)C(F)(F)F)cc1. The molecule has 30 heavy (non-hydrogen) atoms. The predicted molar refractivity (Wildman–Crippen MR) is 72.3 cm³/mol. The summed E-state index contributed by atoms with van der Waals surface area (Å²) in [6.07, 6.45) is -7.35. The van der Waals surface area contributed by atoms with Gasteiger partial charge in [-0.3, -0.25) is 10.1 Å². The van der Waals surface area contributed by atoms with Gasteiger partial charge in [-0.25, -0.2) is 0 Å². The number of alkyl halides is 9. The molecule has 1 rings (SSSR count). The van der Waals surface area contributed by atoms with Crippen molar-refractivity contribution in [3.05, 3.63) is 34.4 Å². The molecule has 0 bridgehead atoms. The number of non-ortho nitro benzene ring substituents is 1. The van der Waals surface area contributed by atoms with Crippen LogP contribution in [0.1, 0.15) is 0 Å². The normalized spacial score (nSPS) is 14.6. The molecule has 1 aromatic carbocycles. The quantitative estimate of drug-likeness (QED) is 0.230. The highest BCUT2D eigenvalue weighted by atomic mass is 32.2. The zero-order chi connectivity index (χ0) is 24.0. The van der Waals surface area contributed by atoms with Crippen LogP contribution in [0.2, 0.25) is 0 Å². The molecule has 0 heterocycles. The van der Waals surface area contributed by atoms with Crippen LogP contribution in [0.3, 0.4) is 0 Å². The van der Waals surface area contributed by atoms with Gasteiger partial charge < -0.3 is 0 Å². The summed E-state index contributed by atoms with van der Waals surface area (Å²) < 4.78 is 165. The molecule has 0 unspecified atom stereocenters. The Bertz CT molecular complexity index is 1020. The molecule has 20 heteroatoms. The molecule has 0 aromatic heterocycles. The van der Waals surface area contributed by atoms with E-state index in [0.29, 0.717) is 24.3 Å². The van der Waals surface area contributed by atoms with Crippen molar-refractivity contribution in [2.45, 2.75) is 28.2 Å². The summed E-state index contributed by atoms with van der Waals surface area (Å²) in [4.78, 5) is 8.12. The van der Waals surface area contributed by atoms with E-state index >= 15 is 0 Å². The van der Waals surface area contributed by atoms with Crippen LogP contribution in [0.4, 0.5) is 45.2 Å². The molecule has 0 aliphatic rings. The van der Waals surface area contributed by atoms with Crippen LogP contribution in [-0.4, -0.2) is 45.0 Å². The van der Waals surface area contributed by atoms with Gasteiger partial charge in [0.15, 0.2) is 0 Å². The lowest BCUT2D eigenvalue weighted by Crippen LogP contribution is -2.63. The minimum Gasteiger partial charge on any atom is -0.258 e. The molecule has 0 aliphatic carbocycles. The maximum atomic E-state index is 13.3. The van der Waals surface area contributed by atoms with Crippen molar-refractivity contribution in [2.24, 2.45) is 0 Å². The third-order valence-corrected chi connectivity index (χ3v) is 5.29. The molecule has 0 fully saturated rings. The highest BCUT2D eigenvalue weighted by molar-refractivity contribution is 7.89. The molecular weight excluding hydrogens is 497 g/mol. The van der Waals surface area contributed by atoms with E-state index in [4.69, 9.17) is 0 Å². The Balaban J connectivity index is 3.22. The minimum atomic E-state index is -7.67. The molecule has 0 spiro atoms. The maximum Gasteiger partial charge on any atom is 0.460 e. The third-order valence-electron chi connectivity index (χ3n) is 2.97. The van der Waals surface area contributed by atoms with Gasteiger partial charge in [0.25, 0.3) is 5.69 Å². The van der Waals surface area contributed by atoms with Gasteiger partial charge >= 0.3 is 43.5 Å². The highest BCUT2D eigenvalue weighted by Gasteiger charge is 2.86. The highest BCUT2D eigenvalue weighted by Crippen LogP contribution is 2.55. The van der Waals surface area contributed by atoms with Crippen LogP contribution >= 0.6 is 0 Å². The van der Waals surface area contributed by atoms with Gasteiger partial charge in [0.05, 0.1) is 9.82 Å². The summed E-state index contributed by atoms with van der Waals surface area (Å²) in [6.45, 7) is 0. The average molecular weight is 501 g/mol. The monoisotopic (exact) mass is 501 g/mol. The van der Waals surface area contributed by atoms with Crippen molar-refractivity contribution < 1.29 is 69.9 Å². The van der Waals surface area contributed by atoms with Crippen molar-refractivity contribution in [2.75, 3.05) is 0 Å². The molecule has 172 valence electrons. The molecule has 0 atom stereocenters. The van der Waals surface area contributed by atoms with Gasteiger partial charge in [-0.1, -0.05) is 8.67 Å². The molecule has 0 saturated carbocycles. The van der Waals surface area contributed by atoms with Crippen LogP contribution in [0.5, 0.6) is 0 Å². The number of nitro groups is 1. The number of hydrogen-bond donors (Lipinski definition) is 0. The third kappa shape index (κ3) is 4.30. The van der Waals surface area contributed by atoms with Gasteiger partial charge in [-0.2, -0.15) is 56.3 Å². The van der Waals surface area contributed by atoms with Crippen LogP contribution in [-0.2, 0) is 28.9 Å². The van der Waals surface area contributed by atoms with Gasteiger partial charge in [-0.05, 0) is 12.1 Å². The van der Waals surface area contributed by atoms with E-state index in [1.54, 1.807) is 0 Å². The van der Waals surface area contributed by atoms with Gasteiger partial charge in [0.2, 0.25) is 0 Å². The Labute approximate surface area is 159 Å². The zero-order valence-corrected chi connectivity index (χ0v) is 14.9. The Morgan fingerprint density at radius 2 is 1.20 bits per heavy atom. The lowest BCUT2D eigenvalue weighted by Gasteiger charge is -2.32. The standard InChI is InChI=1S/C10H4F9NO8S2/c11-7(12,9(15,16)17)8(13,14)10(18,19)30(25,26)28-27-29(23,24)6-3-1-5(2-4-6)20(21)22/h1-4H. The van der Waals surface area contributed by atoms with E-state index in [2.05, 4.69) is 8.67 Å². The van der Waals surface area contributed by atoms with Crippen LogP contribution in [0, 0.1) is 10.1 Å². The fourth-order valence-electron chi connectivity index (χ4n) is 1.41. The first kappa shape index (κ1) is 25.8. The van der Waals surface area contributed by atoms with Crippen molar-refractivity contribution >= 4 is 25.9 Å². The minimum absolute atomic E-state index is 0.327. The average Bonchev–Trinajstić information content (AvgIpc) is 2.58. The zero-order valence-electron chi connectivity index (χ0n) is 13.2. The Morgan fingerprint density at radius 3 is 1.57 bits per heavy atom. The molecule has 0 N–H and O–H groups in total. The summed E-state index contributed by atoms with van der Waals surface area (Å²) in [5.41, 5.74) is -0.733. The summed E-state index contributed by atoms with van der Waals surface area (Å²) in [6, 6.07) is 1.59. The molecule has 1 aromatic rings. The number of benzene rings is 1. The van der Waals surface area contributed by atoms with E-state index in [1.165, 1.54) is 0 Å². The Kier molecular flexibility index (Phi) is 6.46. The van der Waals surface area contributed by atoms with Gasteiger partial charge in [-0.15, -0.1) is 0 Å². The summed E-state index contributed by atoms with van der Waals surface area (Å²) in [5, 5.41) is 3.06. The van der Waals surface area contributed by atoms with E-state index < -0.39 is 59.0 Å². The van der Waals surface area contributed by atoms with Crippen LogP contribution < -0.4 is 0 Å². The molecule has 0 radical (unpaired) electrons. The van der Waals surface area contributed by atoms with Crippen LogP contribution in [0.15, 0.2) is 29.2 Å². The Morgan fingerprint density at radius 1 is 0.767 bits per heavy atom. The number of rotatable bonds is 8. The molecule has 0 amide bonds. The number of halogens is 9. The largest absolute Gasteiger partial charge is 0.460 e. The first-order chi connectivity index (χ1) is 13.1. The van der Waals surface area contributed by atoms with E-state index in [0.717, 1.165) is 0 Å². The van der Waals surface area contributed by atoms with Crippen LogP contribution in [0.25, 0.3) is 0 Å². The second-order valence-corrected chi connectivity index (χ2v) is 8.03. The van der Waals surface area contributed by atoms with Crippen molar-refractivity contribution in [1.29, 1.82) is 0 Å². The fourth-order valence-corrected chi connectivity index (χ4v) is 3.07. The second kappa shape index (κ2) is 7.50. The molecular formula is C10H4F9NO8S2. The number of hydrogen-bond acceptors (Lipinski definition) is 8. The van der Waals surface area contributed by atoms with Crippen molar-refractivity contribution in [1.82, 2.24) is 0 Å². The molecule has 0 aliphatic heterocycles.